The van der Waals surface area contributed by atoms with Gasteiger partial charge in [0.2, 0.25) is 0 Å². The number of benzene rings is 1. The summed E-state index contributed by atoms with van der Waals surface area (Å²) < 4.78 is 3.24. The Bertz CT molecular complexity index is 668. The third kappa shape index (κ3) is 3.28. The average Bonchev–Trinajstić information content (AvgIpc) is 2.59. The summed E-state index contributed by atoms with van der Waals surface area (Å²) in [5.41, 5.74) is 6.62. The summed E-state index contributed by atoms with van der Waals surface area (Å²) >= 11 is 7.34. The van der Waals surface area contributed by atoms with Crippen LogP contribution in [-0.4, -0.2) is 14.5 Å². The maximum Gasteiger partial charge on any atom is 0.300 e. The van der Waals surface area contributed by atoms with Crippen LogP contribution in [0.15, 0.2) is 35.1 Å². The first-order valence-electron chi connectivity index (χ1n) is 5.55. The van der Waals surface area contributed by atoms with Gasteiger partial charge in [0.15, 0.2) is 0 Å². The van der Waals surface area contributed by atoms with Crippen LogP contribution in [0.3, 0.4) is 0 Å². The molecule has 2 rings (SSSR count). The van der Waals surface area contributed by atoms with Gasteiger partial charge in [0.25, 0.3) is 10.7 Å². The zero-order chi connectivity index (χ0) is 14.0. The van der Waals surface area contributed by atoms with Crippen molar-refractivity contribution in [2.24, 2.45) is 12.8 Å². The summed E-state index contributed by atoms with van der Waals surface area (Å²) in [5.74, 6) is 0.451. The lowest BCUT2D eigenvalue weighted by Crippen LogP contribution is -3.00. The average molecular weight is 378 g/mol. The standard InChI is InChI=1S/C12H13ClN4OS.BrH/c1-16-9(7-19-12(14)15)10(13)11(18)17(16)8-5-3-2-4-6-8;/h2-6H,7H2,1H3,(H3,14,15);1H. The van der Waals surface area contributed by atoms with Crippen molar-refractivity contribution >= 4 is 28.5 Å². The molecule has 0 saturated carbocycles. The highest BCUT2D eigenvalue weighted by molar-refractivity contribution is 8.12. The Morgan fingerprint density at radius 1 is 1.40 bits per heavy atom. The molecule has 0 atom stereocenters. The fraction of sp³-hybridized carbons (Fsp3) is 0.167. The first-order chi connectivity index (χ1) is 9.02. The summed E-state index contributed by atoms with van der Waals surface area (Å²) in [6.07, 6.45) is 0. The van der Waals surface area contributed by atoms with Gasteiger partial charge in [0, 0.05) is 12.8 Å². The van der Waals surface area contributed by atoms with E-state index in [2.05, 4.69) is 0 Å². The molecule has 0 unspecified atom stereocenters. The highest BCUT2D eigenvalue weighted by Gasteiger charge is 2.17. The molecule has 20 heavy (non-hydrogen) atoms. The van der Waals surface area contributed by atoms with Crippen molar-refractivity contribution in [3.63, 3.8) is 0 Å². The minimum absolute atomic E-state index is 0. The minimum atomic E-state index is -0.249. The monoisotopic (exact) mass is 376 g/mol. The first kappa shape index (κ1) is 16.9. The van der Waals surface area contributed by atoms with Gasteiger partial charge in [-0.25, -0.2) is 4.68 Å². The van der Waals surface area contributed by atoms with Crippen molar-refractivity contribution < 1.29 is 22.4 Å². The van der Waals surface area contributed by atoms with Crippen molar-refractivity contribution in [2.45, 2.75) is 5.75 Å². The van der Waals surface area contributed by atoms with E-state index in [1.807, 2.05) is 30.3 Å². The molecule has 0 spiro atoms. The van der Waals surface area contributed by atoms with Crippen molar-refractivity contribution in [3.8, 4) is 5.69 Å². The highest BCUT2D eigenvalue weighted by atomic mass is 79.9. The van der Waals surface area contributed by atoms with E-state index in [-0.39, 0.29) is 32.7 Å². The lowest BCUT2D eigenvalue weighted by Gasteiger charge is -2.08. The van der Waals surface area contributed by atoms with Crippen molar-refractivity contribution in [1.82, 2.24) is 9.36 Å². The van der Waals surface area contributed by atoms with Gasteiger partial charge in [-0.05, 0) is 23.9 Å². The zero-order valence-corrected chi connectivity index (χ0v) is 13.9. The fourth-order valence-corrected chi connectivity index (χ4v) is 2.77. The number of thioether (sulfide) groups is 1. The second kappa shape index (κ2) is 7.01. The van der Waals surface area contributed by atoms with Crippen LogP contribution in [0.2, 0.25) is 5.02 Å². The van der Waals surface area contributed by atoms with E-state index in [9.17, 15) is 4.79 Å². The van der Waals surface area contributed by atoms with Gasteiger partial charge >= 0.3 is 0 Å². The van der Waals surface area contributed by atoms with Crippen LogP contribution >= 0.6 is 23.4 Å². The molecule has 0 fully saturated rings. The molecule has 0 aliphatic carbocycles. The lowest BCUT2D eigenvalue weighted by atomic mass is 10.3. The van der Waals surface area contributed by atoms with Crippen molar-refractivity contribution in [3.05, 3.63) is 51.4 Å². The Morgan fingerprint density at radius 2 is 2.00 bits per heavy atom. The molecule has 0 bridgehead atoms. The maximum absolute atomic E-state index is 12.2. The zero-order valence-electron chi connectivity index (χ0n) is 10.7. The fourth-order valence-electron chi connectivity index (χ4n) is 1.78. The van der Waals surface area contributed by atoms with Gasteiger partial charge in [0.1, 0.15) is 5.02 Å². The van der Waals surface area contributed by atoms with E-state index in [0.29, 0.717) is 11.4 Å². The Hall–Kier alpha value is -1.18. The molecular formula is C12H14BrClN4OS. The Kier molecular flexibility index (Phi) is 5.91. The number of nitrogens with two attached hydrogens (primary N) is 2. The summed E-state index contributed by atoms with van der Waals surface area (Å²) in [5, 5.41) is 5.86. The van der Waals surface area contributed by atoms with Gasteiger partial charge in [-0.3, -0.25) is 20.6 Å². The highest BCUT2D eigenvalue weighted by Crippen LogP contribution is 2.19. The molecule has 0 aliphatic rings. The van der Waals surface area contributed by atoms with E-state index in [4.69, 9.17) is 22.7 Å². The molecule has 0 amide bonds. The number of aromatic nitrogens is 2. The summed E-state index contributed by atoms with van der Waals surface area (Å²) in [4.78, 5) is 12.2. The van der Waals surface area contributed by atoms with E-state index in [1.165, 1.54) is 16.4 Å². The smallest absolute Gasteiger partial charge is 0.300 e. The van der Waals surface area contributed by atoms with Crippen LogP contribution in [0, 0.1) is 0 Å². The van der Waals surface area contributed by atoms with E-state index < -0.39 is 0 Å². The Balaban J connectivity index is 0.00000200. The van der Waals surface area contributed by atoms with Crippen LogP contribution in [0.25, 0.3) is 5.69 Å². The van der Waals surface area contributed by atoms with Crippen LogP contribution in [0.1, 0.15) is 5.69 Å². The third-order valence-electron chi connectivity index (χ3n) is 2.70. The molecule has 1 heterocycles. The number of amidine groups is 1. The second-order valence-corrected chi connectivity index (χ2v) is 5.35. The van der Waals surface area contributed by atoms with Crippen LogP contribution in [0.4, 0.5) is 0 Å². The number of rotatable bonds is 3. The number of para-hydroxylation sites is 1. The normalized spacial score (nSPS) is 10.1. The molecule has 0 aliphatic heterocycles. The van der Waals surface area contributed by atoms with Crippen LogP contribution in [-0.2, 0) is 12.8 Å². The Labute approximate surface area is 136 Å². The van der Waals surface area contributed by atoms with Crippen LogP contribution < -0.4 is 33.7 Å². The van der Waals surface area contributed by atoms with E-state index >= 15 is 0 Å². The van der Waals surface area contributed by atoms with Gasteiger partial charge in [-0.1, -0.05) is 29.8 Å². The number of hydrogen-bond acceptors (Lipinski definition) is 2. The van der Waals surface area contributed by atoms with E-state index in [0.717, 1.165) is 5.69 Å². The molecule has 5 nitrogen and oxygen atoms in total. The Morgan fingerprint density at radius 3 is 2.55 bits per heavy atom. The van der Waals surface area contributed by atoms with Crippen molar-refractivity contribution in [1.29, 1.82) is 0 Å². The van der Waals surface area contributed by atoms with Gasteiger partial charge in [-0.15, -0.1) is 0 Å². The van der Waals surface area contributed by atoms with Gasteiger partial charge < -0.3 is 17.0 Å². The number of nitrogens with zero attached hydrogens (tertiary/aromatic N) is 2. The maximum atomic E-state index is 12.2. The number of hydrogen-bond donors (Lipinski definition) is 2. The SMILES string of the molecule is Cn1c(CSC(N)=[NH2+])c(Cl)c(=O)n1-c1ccccc1.[Br-]. The lowest BCUT2D eigenvalue weighted by molar-refractivity contribution is -0.110. The molecular weight excluding hydrogens is 364 g/mol. The number of halogens is 2. The molecule has 108 valence electrons. The first-order valence-corrected chi connectivity index (χ1v) is 6.91. The predicted octanol–water partition coefficient (Wildman–Crippen LogP) is -2.86. The third-order valence-corrected chi connectivity index (χ3v) is 3.83. The molecule has 1 aromatic carbocycles. The van der Waals surface area contributed by atoms with Crippen LogP contribution in [0.5, 0.6) is 0 Å². The van der Waals surface area contributed by atoms with E-state index in [1.54, 1.807) is 11.7 Å². The quantitative estimate of drug-likeness (QED) is 0.446. The molecule has 8 heteroatoms. The van der Waals surface area contributed by atoms with Crippen molar-refractivity contribution in [2.75, 3.05) is 0 Å². The largest absolute Gasteiger partial charge is 1.00 e. The molecule has 4 N–H and O–H groups in total. The molecule has 0 saturated heterocycles. The summed E-state index contributed by atoms with van der Waals surface area (Å²) in [6, 6.07) is 9.31. The minimum Gasteiger partial charge on any atom is -1.00 e. The van der Waals surface area contributed by atoms with Gasteiger partial charge in [0.05, 0.1) is 11.4 Å². The predicted molar refractivity (Wildman–Crippen MR) is 78.4 cm³/mol. The van der Waals surface area contributed by atoms with Gasteiger partial charge in [-0.2, -0.15) is 0 Å². The molecule has 0 radical (unpaired) electrons. The summed E-state index contributed by atoms with van der Waals surface area (Å²) in [7, 11) is 1.78. The summed E-state index contributed by atoms with van der Waals surface area (Å²) in [6.45, 7) is 0. The molecule has 2 aromatic rings. The molecule has 1 aromatic heterocycles. The topological polar surface area (TPSA) is 78.5 Å². The second-order valence-electron chi connectivity index (χ2n) is 3.93.